The number of nitrogens with zero attached hydrogens (tertiary/aromatic N) is 3. The average Bonchev–Trinajstić information content (AvgIpc) is 2.81. The molecule has 0 atom stereocenters. The van der Waals surface area contributed by atoms with Crippen LogP contribution in [-0.4, -0.2) is 22.7 Å². The maximum absolute atomic E-state index is 13.5. The number of pyridine rings is 2. The first-order valence-corrected chi connectivity index (χ1v) is 11.3. The molecule has 156 valence electrons. The van der Waals surface area contributed by atoms with Crippen LogP contribution in [0.25, 0.3) is 0 Å². The molecule has 0 saturated carbocycles. The van der Waals surface area contributed by atoms with Crippen molar-refractivity contribution in [2.24, 2.45) is 0 Å². The topological polar surface area (TPSA) is 75.2 Å². The van der Waals surface area contributed by atoms with Gasteiger partial charge in [0.2, 0.25) is 10.0 Å². The minimum Gasteiger partial charge on any atom is -0.340 e. The molecule has 0 saturated heterocycles. The van der Waals surface area contributed by atoms with Gasteiger partial charge in [-0.2, -0.15) is 4.31 Å². The Morgan fingerprint density at radius 2 is 1.32 bits per heavy atom. The van der Waals surface area contributed by atoms with Gasteiger partial charge in [-0.15, -0.1) is 0 Å². The van der Waals surface area contributed by atoms with Crippen LogP contribution in [0.4, 0.5) is 11.5 Å². The summed E-state index contributed by atoms with van der Waals surface area (Å²) in [6.45, 7) is 0.546. The first-order chi connectivity index (χ1) is 15.1. The van der Waals surface area contributed by atoms with Gasteiger partial charge in [-0.1, -0.05) is 60.7 Å². The predicted molar refractivity (Wildman–Crippen MR) is 121 cm³/mol. The molecule has 4 aromatic rings. The zero-order valence-electron chi connectivity index (χ0n) is 16.8. The lowest BCUT2D eigenvalue weighted by Crippen LogP contribution is -2.30. The molecule has 7 heteroatoms. The molecule has 0 radical (unpaired) electrons. The molecule has 0 fully saturated rings. The van der Waals surface area contributed by atoms with Crippen molar-refractivity contribution in [3.8, 4) is 0 Å². The number of nitrogens with one attached hydrogen (secondary N) is 1. The Hall–Kier alpha value is -3.55. The van der Waals surface area contributed by atoms with Gasteiger partial charge < -0.3 is 5.32 Å². The van der Waals surface area contributed by atoms with Crippen LogP contribution >= 0.6 is 0 Å². The van der Waals surface area contributed by atoms with E-state index in [9.17, 15) is 8.42 Å². The second kappa shape index (κ2) is 9.51. The molecule has 0 aliphatic heterocycles. The molecule has 2 aromatic heterocycles. The lowest BCUT2D eigenvalue weighted by Gasteiger charge is -2.22. The molecule has 0 aliphatic rings. The molecule has 4 rings (SSSR count). The van der Waals surface area contributed by atoms with Crippen molar-refractivity contribution < 1.29 is 8.42 Å². The average molecular weight is 431 g/mol. The van der Waals surface area contributed by atoms with Crippen molar-refractivity contribution in [1.29, 1.82) is 0 Å². The van der Waals surface area contributed by atoms with Gasteiger partial charge in [-0.3, -0.25) is 4.98 Å². The highest BCUT2D eigenvalue weighted by Gasteiger charge is 2.25. The molecule has 6 nitrogen and oxygen atoms in total. The maximum Gasteiger partial charge on any atom is 0.245 e. The van der Waals surface area contributed by atoms with E-state index in [0.717, 1.165) is 16.8 Å². The number of aromatic nitrogens is 2. The standard InChI is InChI=1S/C24H22N4O2S/c29-31(30,23-11-12-24(26-17-23)27-22-13-15-25-16-14-22)28(18-20-7-3-1-4-8-20)19-21-9-5-2-6-10-21/h1-17H,18-19H2,(H,25,26,27). The van der Waals surface area contributed by atoms with Gasteiger partial charge in [0.15, 0.2) is 0 Å². The molecule has 0 amide bonds. The van der Waals surface area contributed by atoms with Crippen molar-refractivity contribution in [2.75, 3.05) is 5.32 Å². The minimum atomic E-state index is -3.75. The van der Waals surface area contributed by atoms with Crippen LogP contribution < -0.4 is 5.32 Å². The number of hydrogen-bond donors (Lipinski definition) is 1. The fourth-order valence-corrected chi connectivity index (χ4v) is 4.50. The van der Waals surface area contributed by atoms with Crippen LogP contribution in [-0.2, 0) is 23.1 Å². The molecular weight excluding hydrogens is 408 g/mol. The Morgan fingerprint density at radius 3 is 1.84 bits per heavy atom. The fourth-order valence-electron chi connectivity index (χ4n) is 3.14. The minimum absolute atomic E-state index is 0.152. The van der Waals surface area contributed by atoms with Gasteiger partial charge in [-0.05, 0) is 35.4 Å². The van der Waals surface area contributed by atoms with E-state index in [1.807, 2.05) is 72.8 Å². The molecule has 0 bridgehead atoms. The van der Waals surface area contributed by atoms with E-state index in [4.69, 9.17) is 0 Å². The van der Waals surface area contributed by atoms with Gasteiger partial charge in [0.25, 0.3) is 0 Å². The van der Waals surface area contributed by atoms with Crippen LogP contribution in [0.1, 0.15) is 11.1 Å². The largest absolute Gasteiger partial charge is 0.340 e. The lowest BCUT2D eigenvalue weighted by atomic mass is 10.2. The molecule has 31 heavy (non-hydrogen) atoms. The van der Waals surface area contributed by atoms with Gasteiger partial charge in [-0.25, -0.2) is 13.4 Å². The highest BCUT2D eigenvalue weighted by molar-refractivity contribution is 7.89. The summed E-state index contributed by atoms with van der Waals surface area (Å²) in [5, 5.41) is 3.13. The number of rotatable bonds is 8. The molecular formula is C24H22N4O2S. The van der Waals surface area contributed by atoms with Crippen LogP contribution in [0, 0.1) is 0 Å². The monoisotopic (exact) mass is 430 g/mol. The third-order valence-electron chi connectivity index (χ3n) is 4.73. The highest BCUT2D eigenvalue weighted by atomic mass is 32.2. The summed E-state index contributed by atoms with van der Waals surface area (Å²) in [7, 11) is -3.75. The Morgan fingerprint density at radius 1 is 0.742 bits per heavy atom. The second-order valence-corrected chi connectivity index (χ2v) is 8.92. The summed E-state index contributed by atoms with van der Waals surface area (Å²) in [6, 6.07) is 26.0. The van der Waals surface area contributed by atoms with Crippen LogP contribution in [0.5, 0.6) is 0 Å². The smallest absolute Gasteiger partial charge is 0.245 e. The number of hydrogen-bond acceptors (Lipinski definition) is 5. The summed E-state index contributed by atoms with van der Waals surface area (Å²) in [6.07, 6.45) is 4.74. The third-order valence-corrected chi connectivity index (χ3v) is 6.51. The summed E-state index contributed by atoms with van der Waals surface area (Å²) in [5.41, 5.74) is 2.67. The maximum atomic E-state index is 13.5. The van der Waals surface area contributed by atoms with E-state index < -0.39 is 10.0 Å². The van der Waals surface area contributed by atoms with E-state index in [-0.39, 0.29) is 18.0 Å². The first-order valence-electron chi connectivity index (χ1n) is 9.82. The quantitative estimate of drug-likeness (QED) is 0.442. The zero-order valence-corrected chi connectivity index (χ0v) is 17.6. The number of sulfonamides is 1. The van der Waals surface area contributed by atoms with Gasteiger partial charge in [0.1, 0.15) is 10.7 Å². The normalized spacial score (nSPS) is 11.4. The lowest BCUT2D eigenvalue weighted by molar-refractivity contribution is 0.401. The molecule has 0 aliphatic carbocycles. The van der Waals surface area contributed by atoms with Crippen molar-refractivity contribution in [3.05, 3.63) is 115 Å². The highest BCUT2D eigenvalue weighted by Crippen LogP contribution is 2.22. The molecule has 1 N–H and O–H groups in total. The van der Waals surface area contributed by atoms with Crippen molar-refractivity contribution >= 4 is 21.5 Å². The van der Waals surface area contributed by atoms with Crippen LogP contribution in [0.15, 0.2) is 108 Å². The van der Waals surface area contributed by atoms with Gasteiger partial charge in [0, 0.05) is 37.4 Å². The zero-order chi connectivity index (χ0) is 21.5. The second-order valence-electron chi connectivity index (χ2n) is 6.98. The third kappa shape index (κ3) is 5.33. The summed E-state index contributed by atoms with van der Waals surface area (Å²) in [5.74, 6) is 0.558. The first kappa shape index (κ1) is 20.7. The molecule has 2 aromatic carbocycles. The summed E-state index contributed by atoms with van der Waals surface area (Å²) >= 11 is 0. The van der Waals surface area contributed by atoms with Crippen molar-refractivity contribution in [2.45, 2.75) is 18.0 Å². The number of benzene rings is 2. The number of anilines is 2. The summed E-state index contributed by atoms with van der Waals surface area (Å²) < 4.78 is 28.4. The SMILES string of the molecule is O=S(=O)(c1ccc(Nc2ccncc2)nc1)N(Cc1ccccc1)Cc1ccccc1. The van der Waals surface area contributed by atoms with Crippen molar-refractivity contribution in [1.82, 2.24) is 14.3 Å². The van der Waals surface area contributed by atoms with Crippen LogP contribution in [0.3, 0.4) is 0 Å². The molecule has 2 heterocycles. The van der Waals surface area contributed by atoms with E-state index in [1.54, 1.807) is 24.5 Å². The van der Waals surface area contributed by atoms with E-state index in [0.29, 0.717) is 5.82 Å². The Balaban J connectivity index is 1.59. The van der Waals surface area contributed by atoms with E-state index in [2.05, 4.69) is 15.3 Å². The Labute approximate surface area is 182 Å². The van der Waals surface area contributed by atoms with Gasteiger partial charge in [0.05, 0.1) is 0 Å². The Kier molecular flexibility index (Phi) is 6.35. The fraction of sp³-hybridized carbons (Fsp3) is 0.0833. The molecule has 0 spiro atoms. The summed E-state index contributed by atoms with van der Waals surface area (Å²) in [4.78, 5) is 8.43. The van der Waals surface area contributed by atoms with Gasteiger partial charge >= 0.3 is 0 Å². The van der Waals surface area contributed by atoms with Crippen molar-refractivity contribution in [3.63, 3.8) is 0 Å². The molecule has 0 unspecified atom stereocenters. The Bertz CT molecular complexity index is 1160. The van der Waals surface area contributed by atoms with E-state index >= 15 is 0 Å². The predicted octanol–water partition coefficient (Wildman–Crippen LogP) is 4.61. The van der Waals surface area contributed by atoms with E-state index in [1.165, 1.54) is 10.5 Å². The van der Waals surface area contributed by atoms with Crippen LogP contribution in [0.2, 0.25) is 0 Å².